The van der Waals surface area contributed by atoms with Crippen molar-refractivity contribution < 1.29 is 4.74 Å². The number of hydrogen-bond donors (Lipinski definition) is 1. The fourth-order valence-corrected chi connectivity index (χ4v) is 1.38. The number of rotatable bonds is 5. The highest BCUT2D eigenvalue weighted by molar-refractivity contribution is 5.20. The van der Waals surface area contributed by atoms with E-state index in [1.165, 1.54) is 0 Å². The predicted octanol–water partition coefficient (Wildman–Crippen LogP) is 2.28. The second-order valence-corrected chi connectivity index (χ2v) is 3.10. The summed E-state index contributed by atoms with van der Waals surface area (Å²) in [5.41, 5.74) is 6.99. The van der Waals surface area contributed by atoms with Crippen molar-refractivity contribution >= 4 is 0 Å². The van der Waals surface area contributed by atoms with Crippen LogP contribution in [0.5, 0.6) is 0 Å². The maximum absolute atomic E-state index is 5.89. The standard InChI is InChI=1S/C12H17NO/c1-3-11(13)12(14-4-2)10-8-6-5-7-9-10/h3,5-9,11-12H,1,4,13H2,2H3. The average Bonchev–Trinajstić information content (AvgIpc) is 2.26. The third-order valence-corrected chi connectivity index (χ3v) is 2.10. The van der Waals surface area contributed by atoms with Crippen molar-refractivity contribution in [3.8, 4) is 0 Å². The number of benzene rings is 1. The summed E-state index contributed by atoms with van der Waals surface area (Å²) in [6.07, 6.45) is 1.63. The molecule has 2 nitrogen and oxygen atoms in total. The maximum atomic E-state index is 5.89. The van der Waals surface area contributed by atoms with Gasteiger partial charge in [0.2, 0.25) is 0 Å². The Morgan fingerprint density at radius 3 is 2.57 bits per heavy atom. The highest BCUT2D eigenvalue weighted by Gasteiger charge is 2.16. The first-order valence-electron chi connectivity index (χ1n) is 4.84. The van der Waals surface area contributed by atoms with Gasteiger partial charge in [-0.1, -0.05) is 36.4 Å². The maximum Gasteiger partial charge on any atom is 0.101 e. The summed E-state index contributed by atoms with van der Waals surface area (Å²) in [6.45, 7) is 6.30. The Balaban J connectivity index is 2.82. The lowest BCUT2D eigenvalue weighted by atomic mass is 10.0. The molecule has 2 N–H and O–H groups in total. The molecule has 0 fully saturated rings. The van der Waals surface area contributed by atoms with Crippen LogP contribution in [0, 0.1) is 0 Å². The molecule has 0 radical (unpaired) electrons. The van der Waals surface area contributed by atoms with Crippen molar-refractivity contribution in [1.82, 2.24) is 0 Å². The van der Waals surface area contributed by atoms with Crippen LogP contribution in [0.25, 0.3) is 0 Å². The Morgan fingerprint density at radius 1 is 1.43 bits per heavy atom. The molecule has 0 amide bonds. The van der Waals surface area contributed by atoms with Crippen LogP contribution in [0.2, 0.25) is 0 Å². The zero-order valence-electron chi connectivity index (χ0n) is 8.52. The summed E-state index contributed by atoms with van der Waals surface area (Å²) in [4.78, 5) is 0. The summed E-state index contributed by atoms with van der Waals surface area (Å²) < 4.78 is 5.58. The minimum atomic E-state index is -0.155. The van der Waals surface area contributed by atoms with Crippen molar-refractivity contribution in [3.63, 3.8) is 0 Å². The van der Waals surface area contributed by atoms with E-state index in [0.29, 0.717) is 6.61 Å². The van der Waals surface area contributed by atoms with Crippen LogP contribution in [0.15, 0.2) is 43.0 Å². The molecule has 0 aromatic heterocycles. The first-order valence-corrected chi connectivity index (χ1v) is 4.84. The molecule has 0 bridgehead atoms. The van der Waals surface area contributed by atoms with Gasteiger partial charge in [0.1, 0.15) is 6.10 Å². The summed E-state index contributed by atoms with van der Waals surface area (Å²) in [6, 6.07) is 9.82. The van der Waals surface area contributed by atoms with E-state index in [9.17, 15) is 0 Å². The van der Waals surface area contributed by atoms with Crippen LogP contribution in [0.3, 0.4) is 0 Å². The molecular weight excluding hydrogens is 174 g/mol. The van der Waals surface area contributed by atoms with Crippen LogP contribution in [0.1, 0.15) is 18.6 Å². The third-order valence-electron chi connectivity index (χ3n) is 2.10. The summed E-state index contributed by atoms with van der Waals surface area (Å²) in [7, 11) is 0. The van der Waals surface area contributed by atoms with Crippen LogP contribution < -0.4 is 5.73 Å². The minimum absolute atomic E-state index is 0.0845. The first-order chi connectivity index (χ1) is 6.79. The molecular formula is C12H17NO. The van der Waals surface area contributed by atoms with E-state index >= 15 is 0 Å². The topological polar surface area (TPSA) is 35.2 Å². The lowest BCUT2D eigenvalue weighted by Gasteiger charge is -2.21. The summed E-state index contributed by atoms with van der Waals surface area (Å²) in [5, 5.41) is 0. The van der Waals surface area contributed by atoms with Crippen LogP contribution in [-0.2, 0) is 4.74 Å². The molecule has 1 rings (SSSR count). The van der Waals surface area contributed by atoms with Crippen molar-refractivity contribution in [1.29, 1.82) is 0 Å². The van der Waals surface area contributed by atoms with Gasteiger partial charge in [-0.05, 0) is 12.5 Å². The average molecular weight is 191 g/mol. The normalized spacial score (nSPS) is 14.7. The van der Waals surface area contributed by atoms with E-state index < -0.39 is 0 Å². The smallest absolute Gasteiger partial charge is 0.101 e. The first kappa shape index (κ1) is 11.0. The molecule has 1 aromatic carbocycles. The van der Waals surface area contributed by atoms with E-state index in [4.69, 9.17) is 10.5 Å². The second kappa shape index (κ2) is 5.58. The Labute approximate surface area is 85.4 Å². The third kappa shape index (κ3) is 2.69. The van der Waals surface area contributed by atoms with E-state index in [2.05, 4.69) is 6.58 Å². The number of ether oxygens (including phenoxy) is 1. The molecule has 0 saturated carbocycles. The molecule has 0 aliphatic heterocycles. The van der Waals surface area contributed by atoms with Crippen molar-refractivity contribution in [2.75, 3.05) is 6.61 Å². The number of hydrogen-bond acceptors (Lipinski definition) is 2. The van der Waals surface area contributed by atoms with Crippen LogP contribution in [-0.4, -0.2) is 12.6 Å². The van der Waals surface area contributed by atoms with Gasteiger partial charge in [-0.3, -0.25) is 0 Å². The van der Waals surface area contributed by atoms with E-state index in [0.717, 1.165) is 5.56 Å². The Hall–Kier alpha value is -1.12. The van der Waals surface area contributed by atoms with Crippen molar-refractivity contribution in [2.24, 2.45) is 5.73 Å². The Kier molecular flexibility index (Phi) is 4.36. The fraction of sp³-hybridized carbons (Fsp3) is 0.333. The van der Waals surface area contributed by atoms with Gasteiger partial charge in [-0.25, -0.2) is 0 Å². The molecule has 1 aromatic rings. The van der Waals surface area contributed by atoms with Gasteiger partial charge in [-0.2, -0.15) is 0 Å². The summed E-state index contributed by atoms with van der Waals surface area (Å²) in [5.74, 6) is 0. The van der Waals surface area contributed by atoms with Crippen molar-refractivity contribution in [3.05, 3.63) is 48.6 Å². The largest absolute Gasteiger partial charge is 0.372 e. The highest BCUT2D eigenvalue weighted by Crippen LogP contribution is 2.20. The predicted molar refractivity (Wildman–Crippen MR) is 59.0 cm³/mol. The van der Waals surface area contributed by atoms with Crippen LogP contribution in [0.4, 0.5) is 0 Å². The second-order valence-electron chi connectivity index (χ2n) is 3.10. The zero-order chi connectivity index (χ0) is 10.4. The van der Waals surface area contributed by atoms with Gasteiger partial charge in [0.25, 0.3) is 0 Å². The molecule has 14 heavy (non-hydrogen) atoms. The lowest BCUT2D eigenvalue weighted by Crippen LogP contribution is -2.28. The molecule has 2 heteroatoms. The van der Waals surface area contributed by atoms with E-state index in [1.807, 2.05) is 37.3 Å². The van der Waals surface area contributed by atoms with Gasteiger partial charge in [-0.15, -0.1) is 6.58 Å². The highest BCUT2D eigenvalue weighted by atomic mass is 16.5. The van der Waals surface area contributed by atoms with Gasteiger partial charge >= 0.3 is 0 Å². The SMILES string of the molecule is C=CC(N)C(OCC)c1ccccc1. The minimum Gasteiger partial charge on any atom is -0.372 e. The Morgan fingerprint density at radius 2 is 2.07 bits per heavy atom. The molecule has 0 spiro atoms. The molecule has 0 aliphatic rings. The van der Waals surface area contributed by atoms with Gasteiger partial charge in [0.15, 0.2) is 0 Å². The van der Waals surface area contributed by atoms with Gasteiger partial charge < -0.3 is 10.5 Å². The van der Waals surface area contributed by atoms with E-state index in [1.54, 1.807) is 6.08 Å². The Bertz CT molecular complexity index is 271. The van der Waals surface area contributed by atoms with Gasteiger partial charge in [0, 0.05) is 6.61 Å². The molecule has 0 saturated heterocycles. The molecule has 0 heterocycles. The quantitative estimate of drug-likeness (QED) is 0.725. The zero-order valence-corrected chi connectivity index (χ0v) is 8.52. The fourth-order valence-electron chi connectivity index (χ4n) is 1.38. The molecule has 2 atom stereocenters. The molecule has 0 aliphatic carbocycles. The molecule has 2 unspecified atom stereocenters. The van der Waals surface area contributed by atoms with Crippen LogP contribution >= 0.6 is 0 Å². The molecule has 76 valence electrons. The lowest BCUT2D eigenvalue weighted by molar-refractivity contribution is 0.0537. The van der Waals surface area contributed by atoms with Crippen molar-refractivity contribution in [2.45, 2.75) is 19.1 Å². The monoisotopic (exact) mass is 191 g/mol. The summed E-state index contributed by atoms with van der Waals surface area (Å²) >= 11 is 0. The van der Waals surface area contributed by atoms with E-state index in [-0.39, 0.29) is 12.1 Å². The number of nitrogens with two attached hydrogens (primary N) is 1. The van der Waals surface area contributed by atoms with Gasteiger partial charge in [0.05, 0.1) is 6.04 Å².